The van der Waals surface area contributed by atoms with Gasteiger partial charge in [-0.3, -0.25) is 4.79 Å². The van der Waals surface area contributed by atoms with E-state index in [1.165, 1.54) is 18.2 Å². The van der Waals surface area contributed by atoms with Gasteiger partial charge in [-0.05, 0) is 30.9 Å². The molecule has 1 aliphatic carbocycles. The third kappa shape index (κ3) is 2.83. The molecule has 18 heavy (non-hydrogen) atoms. The molecule has 0 aliphatic heterocycles. The van der Waals surface area contributed by atoms with Crippen molar-refractivity contribution in [3.63, 3.8) is 0 Å². The summed E-state index contributed by atoms with van der Waals surface area (Å²) in [5.41, 5.74) is -1.18. The number of hydrogen-bond donors (Lipinski definition) is 1. The van der Waals surface area contributed by atoms with E-state index in [9.17, 15) is 18.0 Å². The lowest BCUT2D eigenvalue weighted by atomic mass is 9.85. The first kappa shape index (κ1) is 12.9. The molecule has 1 fully saturated rings. The van der Waals surface area contributed by atoms with Crippen LogP contribution in [0.3, 0.4) is 0 Å². The number of nitrogens with one attached hydrogen (secondary N) is 1. The molecule has 0 radical (unpaired) electrons. The number of rotatable bonds is 3. The molecule has 1 aliphatic rings. The number of benzene rings is 1. The van der Waals surface area contributed by atoms with Crippen LogP contribution >= 0.6 is 0 Å². The molecular weight excluding hydrogens is 243 g/mol. The van der Waals surface area contributed by atoms with Gasteiger partial charge in [-0.25, -0.2) is 0 Å². The minimum Gasteiger partial charge on any atom is -0.352 e. The van der Waals surface area contributed by atoms with Crippen LogP contribution < -0.4 is 5.32 Å². The summed E-state index contributed by atoms with van der Waals surface area (Å²) >= 11 is 0. The van der Waals surface area contributed by atoms with Gasteiger partial charge in [-0.1, -0.05) is 18.6 Å². The van der Waals surface area contributed by atoms with Crippen LogP contribution in [-0.4, -0.2) is 12.5 Å². The van der Waals surface area contributed by atoms with E-state index < -0.39 is 17.6 Å². The summed E-state index contributed by atoms with van der Waals surface area (Å²) in [5.74, 6) is -0.221. The molecule has 0 spiro atoms. The molecule has 1 aromatic rings. The number of amides is 1. The largest absolute Gasteiger partial charge is 0.417 e. The van der Waals surface area contributed by atoms with E-state index >= 15 is 0 Å². The summed E-state index contributed by atoms with van der Waals surface area (Å²) in [6.45, 7) is 0.463. The van der Waals surface area contributed by atoms with Crippen LogP contribution in [0.2, 0.25) is 0 Å². The second kappa shape index (κ2) is 5.00. The van der Waals surface area contributed by atoms with Gasteiger partial charge < -0.3 is 5.32 Å². The van der Waals surface area contributed by atoms with Crippen LogP contribution in [0, 0.1) is 5.92 Å². The second-order valence-corrected chi connectivity index (χ2v) is 4.55. The maximum atomic E-state index is 12.7. The molecule has 0 bridgehead atoms. The Hall–Kier alpha value is -1.52. The summed E-state index contributed by atoms with van der Waals surface area (Å²) in [4.78, 5) is 11.7. The zero-order chi connectivity index (χ0) is 13.2. The van der Waals surface area contributed by atoms with E-state index in [4.69, 9.17) is 0 Å². The molecule has 0 heterocycles. The Bertz CT molecular complexity index is 438. The van der Waals surface area contributed by atoms with Crippen LogP contribution in [0.15, 0.2) is 24.3 Å². The lowest BCUT2D eigenvalue weighted by Crippen LogP contribution is -2.33. The minimum atomic E-state index is -4.50. The molecule has 1 N–H and O–H groups in total. The van der Waals surface area contributed by atoms with E-state index in [1.54, 1.807) is 0 Å². The molecule has 1 aromatic carbocycles. The van der Waals surface area contributed by atoms with Crippen molar-refractivity contribution in [2.45, 2.75) is 25.4 Å². The molecule has 1 saturated carbocycles. The standard InChI is InChI=1S/C13H14F3NO/c14-13(15,16)11-7-2-1-6-10(11)12(18)17-8-9-4-3-5-9/h1-2,6-7,9H,3-5,8H2,(H,17,18). The summed E-state index contributed by atoms with van der Waals surface area (Å²) in [6.07, 6.45) is -1.27. The van der Waals surface area contributed by atoms with E-state index in [0.717, 1.165) is 25.3 Å². The summed E-state index contributed by atoms with van der Waals surface area (Å²) < 4.78 is 38.1. The molecule has 5 heteroatoms. The van der Waals surface area contributed by atoms with E-state index in [1.807, 2.05) is 0 Å². The SMILES string of the molecule is O=C(NCC1CCC1)c1ccccc1C(F)(F)F. The highest BCUT2D eigenvalue weighted by atomic mass is 19.4. The third-order valence-corrected chi connectivity index (χ3v) is 3.25. The molecular formula is C13H14F3NO. The first-order valence-electron chi connectivity index (χ1n) is 5.93. The van der Waals surface area contributed by atoms with Gasteiger partial charge in [-0.15, -0.1) is 0 Å². The van der Waals surface area contributed by atoms with Crippen molar-refractivity contribution >= 4 is 5.91 Å². The molecule has 2 rings (SSSR count). The molecule has 1 amide bonds. The average molecular weight is 257 g/mol. The predicted molar refractivity (Wildman–Crippen MR) is 61.1 cm³/mol. The minimum absolute atomic E-state index is 0.302. The Morgan fingerprint density at radius 2 is 1.94 bits per heavy atom. The number of alkyl halides is 3. The fraction of sp³-hybridized carbons (Fsp3) is 0.462. The van der Waals surface area contributed by atoms with Gasteiger partial charge in [0.05, 0.1) is 11.1 Å². The van der Waals surface area contributed by atoms with Gasteiger partial charge in [0.1, 0.15) is 0 Å². The normalized spacial score (nSPS) is 16.2. The number of carbonyl (C=O) groups is 1. The van der Waals surface area contributed by atoms with E-state index in [-0.39, 0.29) is 5.56 Å². The van der Waals surface area contributed by atoms with Crippen molar-refractivity contribution in [2.24, 2.45) is 5.92 Å². The van der Waals surface area contributed by atoms with Gasteiger partial charge in [0.25, 0.3) is 5.91 Å². The maximum absolute atomic E-state index is 12.7. The molecule has 0 aromatic heterocycles. The summed E-state index contributed by atoms with van der Waals surface area (Å²) in [7, 11) is 0. The Balaban J connectivity index is 2.09. The van der Waals surface area contributed by atoms with Crippen molar-refractivity contribution in [2.75, 3.05) is 6.54 Å². The topological polar surface area (TPSA) is 29.1 Å². The van der Waals surface area contributed by atoms with Crippen molar-refractivity contribution in [3.8, 4) is 0 Å². The van der Waals surface area contributed by atoms with Crippen molar-refractivity contribution < 1.29 is 18.0 Å². The van der Waals surface area contributed by atoms with Gasteiger partial charge in [0, 0.05) is 6.54 Å². The zero-order valence-electron chi connectivity index (χ0n) is 9.76. The number of hydrogen-bond acceptors (Lipinski definition) is 1. The Morgan fingerprint density at radius 3 is 2.50 bits per heavy atom. The third-order valence-electron chi connectivity index (χ3n) is 3.25. The van der Waals surface area contributed by atoms with Crippen LogP contribution in [-0.2, 0) is 6.18 Å². The van der Waals surface area contributed by atoms with Crippen LogP contribution in [0.4, 0.5) is 13.2 Å². The monoisotopic (exact) mass is 257 g/mol. The summed E-state index contributed by atoms with van der Waals surface area (Å²) in [5, 5.41) is 2.57. The Kier molecular flexibility index (Phi) is 3.59. The predicted octanol–water partition coefficient (Wildman–Crippen LogP) is 3.24. The fourth-order valence-electron chi connectivity index (χ4n) is 1.96. The molecule has 0 atom stereocenters. The Labute approximate surface area is 103 Å². The van der Waals surface area contributed by atoms with Gasteiger partial charge >= 0.3 is 6.18 Å². The number of carbonyl (C=O) groups excluding carboxylic acids is 1. The van der Waals surface area contributed by atoms with Crippen molar-refractivity contribution in [1.29, 1.82) is 0 Å². The van der Waals surface area contributed by atoms with Gasteiger partial charge in [0.2, 0.25) is 0 Å². The molecule has 2 nitrogen and oxygen atoms in total. The highest BCUT2D eigenvalue weighted by molar-refractivity contribution is 5.95. The van der Waals surface area contributed by atoms with Crippen LogP contribution in [0.5, 0.6) is 0 Å². The lowest BCUT2D eigenvalue weighted by Gasteiger charge is -2.25. The number of halogens is 3. The lowest BCUT2D eigenvalue weighted by molar-refractivity contribution is -0.137. The van der Waals surface area contributed by atoms with Crippen molar-refractivity contribution in [3.05, 3.63) is 35.4 Å². The van der Waals surface area contributed by atoms with E-state index in [2.05, 4.69) is 5.32 Å². The Morgan fingerprint density at radius 1 is 1.28 bits per heavy atom. The first-order valence-corrected chi connectivity index (χ1v) is 5.93. The van der Waals surface area contributed by atoms with Crippen LogP contribution in [0.25, 0.3) is 0 Å². The zero-order valence-corrected chi connectivity index (χ0v) is 9.76. The maximum Gasteiger partial charge on any atom is 0.417 e. The van der Waals surface area contributed by atoms with Crippen LogP contribution in [0.1, 0.15) is 35.2 Å². The summed E-state index contributed by atoms with van der Waals surface area (Å²) in [6, 6.07) is 4.86. The van der Waals surface area contributed by atoms with Gasteiger partial charge in [0.15, 0.2) is 0 Å². The second-order valence-electron chi connectivity index (χ2n) is 4.55. The van der Waals surface area contributed by atoms with Gasteiger partial charge in [-0.2, -0.15) is 13.2 Å². The quantitative estimate of drug-likeness (QED) is 0.885. The first-order chi connectivity index (χ1) is 8.48. The van der Waals surface area contributed by atoms with Crippen molar-refractivity contribution in [1.82, 2.24) is 5.32 Å². The fourth-order valence-corrected chi connectivity index (χ4v) is 1.96. The average Bonchev–Trinajstić information content (AvgIpc) is 2.25. The molecule has 98 valence electrons. The smallest absolute Gasteiger partial charge is 0.352 e. The highest BCUT2D eigenvalue weighted by Gasteiger charge is 2.34. The van der Waals surface area contributed by atoms with E-state index in [0.29, 0.717) is 12.5 Å². The molecule has 0 saturated heterocycles. The highest BCUT2D eigenvalue weighted by Crippen LogP contribution is 2.32. The molecule has 0 unspecified atom stereocenters.